The molecule has 0 spiro atoms. The molecule has 7 heteroatoms. The number of aliphatic imine (C=N–C) groups is 1. The Morgan fingerprint density at radius 1 is 1.55 bits per heavy atom. The molecule has 1 fully saturated rings. The normalized spacial score (nSPS) is 22.9. The smallest absolute Gasteiger partial charge is 0.267 e. The van der Waals surface area contributed by atoms with E-state index in [0.29, 0.717) is 16.8 Å². The molecule has 3 N–H and O–H groups in total. The maximum absolute atomic E-state index is 13.6. The number of nitrogens with two attached hydrogens (primary N) is 1. The van der Waals surface area contributed by atoms with Crippen LogP contribution in [0.25, 0.3) is 0 Å². The van der Waals surface area contributed by atoms with Crippen LogP contribution in [-0.4, -0.2) is 36.3 Å². The number of amides is 1. The second kappa shape index (κ2) is 4.16. The molecule has 0 unspecified atom stereocenters. The Bertz CT molecular complexity index is 614. The number of benzene rings is 1. The molecule has 2 heterocycles. The number of carbonyl (C=O) groups excluding carboxylic acids is 1. The van der Waals surface area contributed by atoms with Gasteiger partial charge in [0.2, 0.25) is 0 Å². The molecule has 0 aliphatic carbocycles. The van der Waals surface area contributed by atoms with Gasteiger partial charge >= 0.3 is 0 Å². The van der Waals surface area contributed by atoms with Crippen molar-refractivity contribution in [3.63, 3.8) is 0 Å². The van der Waals surface area contributed by atoms with Crippen molar-refractivity contribution < 1.29 is 13.6 Å². The first kappa shape index (κ1) is 12.8. The van der Waals surface area contributed by atoms with Crippen molar-refractivity contribution in [2.45, 2.75) is 18.4 Å². The molecule has 1 saturated heterocycles. The Labute approximate surface area is 114 Å². The zero-order chi connectivity index (χ0) is 14.5. The third-order valence-electron chi connectivity index (χ3n) is 3.67. The standard InChI is InChI=1S/C13H14F2N4O/c1-17-11(20)7-2-3-9-8(4-7)10-5-13(14,15)6-19(10)12(16)18-9/h2-4,10H,5-6H2,1H3,(H2,16,18)(H,17,20)/t10-/m0/s1. The van der Waals surface area contributed by atoms with Crippen molar-refractivity contribution in [1.29, 1.82) is 0 Å². The minimum atomic E-state index is -2.80. The van der Waals surface area contributed by atoms with Gasteiger partial charge in [-0.15, -0.1) is 0 Å². The SMILES string of the molecule is CNC(=O)c1ccc2c(c1)[C@@H]1CC(F)(F)CN1C(N)=N2. The Morgan fingerprint density at radius 2 is 2.30 bits per heavy atom. The van der Waals surface area contributed by atoms with Crippen LogP contribution in [0.4, 0.5) is 14.5 Å². The Kier molecular flexibility index (Phi) is 2.67. The highest BCUT2D eigenvalue weighted by atomic mass is 19.3. The molecule has 1 amide bonds. The number of hydrogen-bond acceptors (Lipinski definition) is 4. The number of nitrogens with zero attached hydrogens (tertiary/aromatic N) is 2. The van der Waals surface area contributed by atoms with Crippen LogP contribution < -0.4 is 11.1 Å². The molecular weight excluding hydrogens is 266 g/mol. The summed E-state index contributed by atoms with van der Waals surface area (Å²) in [5.74, 6) is -2.95. The molecular formula is C13H14F2N4O. The monoisotopic (exact) mass is 280 g/mol. The number of hydrogen-bond donors (Lipinski definition) is 2. The predicted octanol–water partition coefficient (Wildman–Crippen LogP) is 1.39. The molecule has 2 aliphatic heterocycles. The number of alkyl halides is 2. The fraction of sp³-hybridized carbons (Fsp3) is 0.385. The second-order valence-corrected chi connectivity index (χ2v) is 5.03. The van der Waals surface area contributed by atoms with Gasteiger partial charge in [0.1, 0.15) is 0 Å². The van der Waals surface area contributed by atoms with E-state index in [2.05, 4.69) is 10.3 Å². The number of nitrogens with one attached hydrogen (secondary N) is 1. The largest absolute Gasteiger partial charge is 0.369 e. The molecule has 1 aromatic carbocycles. The summed E-state index contributed by atoms with van der Waals surface area (Å²) in [7, 11) is 1.52. The van der Waals surface area contributed by atoms with Crippen LogP contribution in [0.5, 0.6) is 0 Å². The molecule has 5 nitrogen and oxygen atoms in total. The average molecular weight is 280 g/mol. The van der Waals surface area contributed by atoms with Gasteiger partial charge in [0.15, 0.2) is 5.96 Å². The molecule has 0 radical (unpaired) electrons. The Hall–Kier alpha value is -2.18. The maximum Gasteiger partial charge on any atom is 0.267 e. The van der Waals surface area contributed by atoms with Crippen LogP contribution in [0.2, 0.25) is 0 Å². The van der Waals surface area contributed by atoms with Gasteiger partial charge in [0, 0.05) is 24.6 Å². The third-order valence-corrected chi connectivity index (χ3v) is 3.67. The number of guanidine groups is 1. The van der Waals surface area contributed by atoms with Gasteiger partial charge in [-0.1, -0.05) is 0 Å². The minimum absolute atomic E-state index is 0.104. The van der Waals surface area contributed by atoms with Crippen LogP contribution in [0.15, 0.2) is 23.2 Å². The van der Waals surface area contributed by atoms with Crippen molar-refractivity contribution >= 4 is 17.6 Å². The topological polar surface area (TPSA) is 70.7 Å². The number of carbonyl (C=O) groups is 1. The van der Waals surface area contributed by atoms with Crippen molar-refractivity contribution in [2.75, 3.05) is 13.6 Å². The molecule has 1 aromatic rings. The van der Waals surface area contributed by atoms with E-state index in [4.69, 9.17) is 5.73 Å². The molecule has 2 aliphatic rings. The van der Waals surface area contributed by atoms with Gasteiger partial charge in [-0.2, -0.15) is 0 Å². The average Bonchev–Trinajstić information content (AvgIpc) is 2.74. The number of rotatable bonds is 1. The first-order valence-electron chi connectivity index (χ1n) is 6.26. The molecule has 0 aromatic heterocycles. The van der Waals surface area contributed by atoms with Crippen LogP contribution in [0, 0.1) is 0 Å². The summed E-state index contributed by atoms with van der Waals surface area (Å²) < 4.78 is 27.2. The van der Waals surface area contributed by atoms with Gasteiger partial charge in [-0.05, 0) is 18.2 Å². The third kappa shape index (κ3) is 1.90. The lowest BCUT2D eigenvalue weighted by molar-refractivity contribution is 0.0165. The number of fused-ring (bicyclic) bond motifs is 3. The van der Waals surface area contributed by atoms with Crippen molar-refractivity contribution in [1.82, 2.24) is 10.2 Å². The zero-order valence-electron chi connectivity index (χ0n) is 10.9. The maximum atomic E-state index is 13.6. The predicted molar refractivity (Wildman–Crippen MR) is 70.1 cm³/mol. The van der Waals surface area contributed by atoms with Crippen LogP contribution >= 0.6 is 0 Å². The lowest BCUT2D eigenvalue weighted by Crippen LogP contribution is -2.40. The zero-order valence-corrected chi connectivity index (χ0v) is 10.9. The van der Waals surface area contributed by atoms with Crippen molar-refractivity contribution in [3.8, 4) is 0 Å². The highest BCUT2D eigenvalue weighted by molar-refractivity contribution is 5.95. The molecule has 106 valence electrons. The van der Waals surface area contributed by atoms with E-state index in [1.807, 2.05) is 0 Å². The van der Waals surface area contributed by atoms with E-state index < -0.39 is 18.5 Å². The van der Waals surface area contributed by atoms with Crippen LogP contribution in [-0.2, 0) is 0 Å². The van der Waals surface area contributed by atoms with Gasteiger partial charge < -0.3 is 16.0 Å². The van der Waals surface area contributed by atoms with E-state index in [1.165, 1.54) is 11.9 Å². The van der Waals surface area contributed by atoms with Crippen LogP contribution in [0.3, 0.4) is 0 Å². The van der Waals surface area contributed by atoms with E-state index in [-0.39, 0.29) is 18.3 Å². The summed E-state index contributed by atoms with van der Waals surface area (Å²) in [6.45, 7) is -0.434. The van der Waals surface area contributed by atoms with Crippen LogP contribution in [0.1, 0.15) is 28.4 Å². The molecule has 3 rings (SSSR count). The van der Waals surface area contributed by atoms with E-state index >= 15 is 0 Å². The van der Waals surface area contributed by atoms with Crippen molar-refractivity contribution in [3.05, 3.63) is 29.3 Å². The van der Waals surface area contributed by atoms with E-state index in [1.54, 1.807) is 18.2 Å². The summed E-state index contributed by atoms with van der Waals surface area (Å²) in [5, 5.41) is 2.51. The summed E-state index contributed by atoms with van der Waals surface area (Å²) in [6.07, 6.45) is -0.312. The lowest BCUT2D eigenvalue weighted by Gasteiger charge is -2.30. The van der Waals surface area contributed by atoms with Gasteiger partial charge in [-0.3, -0.25) is 4.79 Å². The summed E-state index contributed by atoms with van der Waals surface area (Å²) in [5.41, 5.74) is 7.34. The van der Waals surface area contributed by atoms with Crippen molar-refractivity contribution in [2.24, 2.45) is 10.7 Å². The minimum Gasteiger partial charge on any atom is -0.369 e. The fourth-order valence-corrected chi connectivity index (χ4v) is 2.73. The lowest BCUT2D eigenvalue weighted by atomic mass is 9.98. The summed E-state index contributed by atoms with van der Waals surface area (Å²) >= 11 is 0. The van der Waals surface area contributed by atoms with E-state index in [0.717, 1.165) is 0 Å². The van der Waals surface area contributed by atoms with Gasteiger partial charge in [0.05, 0.1) is 18.3 Å². The summed E-state index contributed by atoms with van der Waals surface area (Å²) in [6, 6.07) is 4.34. The first-order valence-corrected chi connectivity index (χ1v) is 6.26. The Balaban J connectivity index is 2.08. The van der Waals surface area contributed by atoms with Gasteiger partial charge in [0.25, 0.3) is 11.8 Å². The molecule has 20 heavy (non-hydrogen) atoms. The number of halogens is 2. The Morgan fingerprint density at radius 3 is 3.00 bits per heavy atom. The quantitative estimate of drug-likeness (QED) is 0.816. The van der Waals surface area contributed by atoms with E-state index in [9.17, 15) is 13.6 Å². The second-order valence-electron chi connectivity index (χ2n) is 5.03. The fourth-order valence-electron chi connectivity index (χ4n) is 2.73. The molecule has 1 atom stereocenters. The first-order chi connectivity index (χ1) is 9.41. The summed E-state index contributed by atoms with van der Waals surface area (Å²) in [4.78, 5) is 17.2. The highest BCUT2D eigenvalue weighted by Gasteiger charge is 2.48. The highest BCUT2D eigenvalue weighted by Crippen LogP contribution is 2.46. The van der Waals surface area contributed by atoms with Gasteiger partial charge in [-0.25, -0.2) is 13.8 Å². The molecule has 0 bridgehead atoms. The molecule has 0 saturated carbocycles.